The first kappa shape index (κ1) is 15.7. The van der Waals surface area contributed by atoms with Crippen LogP contribution in [0, 0.1) is 0 Å². The summed E-state index contributed by atoms with van der Waals surface area (Å²) in [7, 11) is 3.24. The van der Waals surface area contributed by atoms with Gasteiger partial charge in [-0.3, -0.25) is 9.78 Å². The molecular formula is C18H22N2O3. The maximum atomic E-state index is 12.8. The number of carbonyl (C=O) groups is 1. The molecule has 3 rings (SSSR count). The lowest BCUT2D eigenvalue weighted by molar-refractivity contribution is -0.141. The van der Waals surface area contributed by atoms with E-state index in [1.54, 1.807) is 20.4 Å². The van der Waals surface area contributed by atoms with E-state index in [0.717, 1.165) is 48.7 Å². The van der Waals surface area contributed by atoms with Crippen LogP contribution in [0.4, 0.5) is 5.69 Å². The molecule has 1 saturated carbocycles. The van der Waals surface area contributed by atoms with Crippen LogP contribution in [0.1, 0.15) is 32.1 Å². The number of aromatic nitrogens is 1. The van der Waals surface area contributed by atoms with Gasteiger partial charge < -0.3 is 14.8 Å². The molecule has 1 N–H and O–H groups in total. The van der Waals surface area contributed by atoms with E-state index in [2.05, 4.69) is 10.3 Å². The van der Waals surface area contributed by atoms with Gasteiger partial charge in [0, 0.05) is 18.7 Å². The van der Waals surface area contributed by atoms with Gasteiger partial charge in [-0.2, -0.15) is 0 Å². The van der Waals surface area contributed by atoms with Crippen LogP contribution in [-0.4, -0.2) is 30.7 Å². The maximum absolute atomic E-state index is 12.8. The fraction of sp³-hybridized carbons (Fsp3) is 0.444. The normalized spacial score (nSPS) is 17.0. The molecule has 0 atom stereocenters. The lowest BCUT2D eigenvalue weighted by Gasteiger charge is -2.34. The molecule has 0 bridgehead atoms. The minimum atomic E-state index is -0.716. The van der Waals surface area contributed by atoms with Crippen LogP contribution in [0.15, 0.2) is 30.5 Å². The zero-order valence-electron chi connectivity index (χ0n) is 13.6. The highest BCUT2D eigenvalue weighted by atomic mass is 16.5. The second-order valence-corrected chi connectivity index (χ2v) is 5.93. The second-order valence-electron chi connectivity index (χ2n) is 5.93. The number of benzene rings is 1. The zero-order chi connectivity index (χ0) is 16.3. The molecule has 1 aromatic heterocycles. The number of methoxy groups -OCH3 is 2. The average Bonchev–Trinajstić information content (AvgIpc) is 2.62. The average molecular weight is 314 g/mol. The molecule has 0 aliphatic heterocycles. The van der Waals surface area contributed by atoms with Gasteiger partial charge in [0.05, 0.1) is 12.8 Å². The third-order valence-corrected chi connectivity index (χ3v) is 4.67. The summed E-state index contributed by atoms with van der Waals surface area (Å²) >= 11 is 0. The SMILES string of the molecule is COc1ccc(NC(=O)C2(OC)CCCCC2)c2cccnc12. The molecule has 1 heterocycles. The van der Waals surface area contributed by atoms with E-state index in [1.807, 2.05) is 24.3 Å². The van der Waals surface area contributed by atoms with Gasteiger partial charge in [-0.1, -0.05) is 19.3 Å². The Morgan fingerprint density at radius 2 is 1.96 bits per heavy atom. The van der Waals surface area contributed by atoms with Crippen molar-refractivity contribution in [2.24, 2.45) is 0 Å². The Balaban J connectivity index is 1.93. The van der Waals surface area contributed by atoms with Gasteiger partial charge in [-0.25, -0.2) is 0 Å². The lowest BCUT2D eigenvalue weighted by atomic mass is 9.84. The number of hydrogen-bond donors (Lipinski definition) is 1. The van der Waals surface area contributed by atoms with Crippen LogP contribution in [0.5, 0.6) is 5.75 Å². The summed E-state index contributed by atoms with van der Waals surface area (Å²) in [4.78, 5) is 17.2. The van der Waals surface area contributed by atoms with Crippen LogP contribution >= 0.6 is 0 Å². The van der Waals surface area contributed by atoms with Crippen molar-refractivity contribution in [2.75, 3.05) is 19.5 Å². The fourth-order valence-electron chi connectivity index (χ4n) is 3.30. The maximum Gasteiger partial charge on any atom is 0.256 e. The van der Waals surface area contributed by atoms with Crippen molar-refractivity contribution in [1.82, 2.24) is 4.98 Å². The number of ether oxygens (including phenoxy) is 2. The molecule has 0 saturated heterocycles. The molecule has 0 radical (unpaired) electrons. The molecule has 1 aromatic carbocycles. The van der Waals surface area contributed by atoms with Crippen molar-refractivity contribution in [3.63, 3.8) is 0 Å². The van der Waals surface area contributed by atoms with Crippen LogP contribution in [0.25, 0.3) is 10.9 Å². The van der Waals surface area contributed by atoms with E-state index >= 15 is 0 Å². The summed E-state index contributed by atoms with van der Waals surface area (Å²) in [5, 5.41) is 3.90. The van der Waals surface area contributed by atoms with E-state index in [-0.39, 0.29) is 5.91 Å². The van der Waals surface area contributed by atoms with Crippen molar-refractivity contribution in [2.45, 2.75) is 37.7 Å². The minimum Gasteiger partial charge on any atom is -0.494 e. The Kier molecular flexibility index (Phi) is 4.48. The highest BCUT2D eigenvalue weighted by Crippen LogP contribution is 2.34. The third-order valence-electron chi connectivity index (χ3n) is 4.67. The van der Waals surface area contributed by atoms with Gasteiger partial charge in [0.2, 0.25) is 0 Å². The Bertz CT molecular complexity index is 708. The number of fused-ring (bicyclic) bond motifs is 1. The second kappa shape index (κ2) is 6.54. The summed E-state index contributed by atoms with van der Waals surface area (Å²) in [5.41, 5.74) is 0.760. The van der Waals surface area contributed by atoms with Gasteiger partial charge >= 0.3 is 0 Å². The summed E-state index contributed by atoms with van der Waals surface area (Å²) in [6, 6.07) is 7.46. The topological polar surface area (TPSA) is 60.5 Å². The van der Waals surface area contributed by atoms with E-state index in [9.17, 15) is 4.79 Å². The van der Waals surface area contributed by atoms with Gasteiger partial charge in [0.15, 0.2) is 0 Å². The van der Waals surface area contributed by atoms with Crippen molar-refractivity contribution in [1.29, 1.82) is 0 Å². The fourth-order valence-corrected chi connectivity index (χ4v) is 3.30. The van der Waals surface area contributed by atoms with E-state index in [0.29, 0.717) is 5.75 Å². The first-order valence-corrected chi connectivity index (χ1v) is 7.98. The number of nitrogens with zero attached hydrogens (tertiary/aromatic N) is 1. The van der Waals surface area contributed by atoms with Crippen LogP contribution < -0.4 is 10.1 Å². The smallest absolute Gasteiger partial charge is 0.256 e. The molecule has 1 aliphatic rings. The number of anilines is 1. The molecule has 2 aromatic rings. The summed E-state index contributed by atoms with van der Waals surface area (Å²) in [6.07, 6.45) is 6.45. The van der Waals surface area contributed by atoms with Gasteiger partial charge in [-0.15, -0.1) is 0 Å². The molecule has 0 unspecified atom stereocenters. The van der Waals surface area contributed by atoms with E-state index in [1.165, 1.54) is 0 Å². The minimum absolute atomic E-state index is 0.0741. The first-order valence-electron chi connectivity index (χ1n) is 7.98. The predicted molar refractivity (Wildman–Crippen MR) is 89.7 cm³/mol. The summed E-state index contributed by atoms with van der Waals surface area (Å²) in [5.74, 6) is 0.618. The number of hydrogen-bond acceptors (Lipinski definition) is 4. The van der Waals surface area contributed by atoms with Crippen LogP contribution in [-0.2, 0) is 9.53 Å². The van der Waals surface area contributed by atoms with Crippen molar-refractivity contribution in [3.8, 4) is 5.75 Å². The Morgan fingerprint density at radius 1 is 1.17 bits per heavy atom. The highest BCUT2D eigenvalue weighted by Gasteiger charge is 2.39. The Hall–Kier alpha value is -2.14. The molecule has 1 fully saturated rings. The van der Waals surface area contributed by atoms with Crippen molar-refractivity contribution < 1.29 is 14.3 Å². The van der Waals surface area contributed by atoms with Crippen LogP contribution in [0.3, 0.4) is 0 Å². The third kappa shape index (κ3) is 2.88. The van der Waals surface area contributed by atoms with Crippen molar-refractivity contribution in [3.05, 3.63) is 30.5 Å². The zero-order valence-corrected chi connectivity index (χ0v) is 13.6. The standard InChI is InChI=1S/C18H22N2O3/c1-22-15-9-8-14(13-7-6-12-19-16(13)15)20-17(21)18(23-2)10-4-3-5-11-18/h6-9,12H,3-5,10-11H2,1-2H3,(H,20,21). The van der Waals surface area contributed by atoms with Gasteiger partial charge in [-0.05, 0) is 37.1 Å². The summed E-state index contributed by atoms with van der Waals surface area (Å²) in [6.45, 7) is 0. The molecule has 122 valence electrons. The van der Waals surface area contributed by atoms with E-state index in [4.69, 9.17) is 9.47 Å². The largest absolute Gasteiger partial charge is 0.494 e. The van der Waals surface area contributed by atoms with Crippen molar-refractivity contribution >= 4 is 22.5 Å². The Morgan fingerprint density at radius 3 is 2.65 bits per heavy atom. The quantitative estimate of drug-likeness (QED) is 0.938. The van der Waals surface area contributed by atoms with Gasteiger partial charge in [0.1, 0.15) is 16.9 Å². The van der Waals surface area contributed by atoms with Gasteiger partial charge in [0.25, 0.3) is 5.91 Å². The number of carbonyl (C=O) groups excluding carboxylic acids is 1. The number of rotatable bonds is 4. The number of pyridine rings is 1. The van der Waals surface area contributed by atoms with Crippen LogP contribution in [0.2, 0.25) is 0 Å². The predicted octanol–water partition coefficient (Wildman–Crippen LogP) is 3.53. The molecule has 1 amide bonds. The molecule has 23 heavy (non-hydrogen) atoms. The first-order chi connectivity index (χ1) is 11.2. The molecule has 1 aliphatic carbocycles. The Labute approximate surface area is 136 Å². The van der Waals surface area contributed by atoms with E-state index < -0.39 is 5.60 Å². The molecule has 5 heteroatoms. The molecule has 0 spiro atoms. The summed E-state index contributed by atoms with van der Waals surface area (Å²) < 4.78 is 11.0. The monoisotopic (exact) mass is 314 g/mol. The number of amides is 1. The molecule has 5 nitrogen and oxygen atoms in total. The lowest BCUT2D eigenvalue weighted by Crippen LogP contribution is -2.46. The molecular weight excluding hydrogens is 292 g/mol. The number of nitrogens with one attached hydrogen (secondary N) is 1. The highest BCUT2D eigenvalue weighted by molar-refractivity contribution is 6.05.